The second-order valence-electron chi connectivity index (χ2n) is 15.9. The van der Waals surface area contributed by atoms with E-state index in [1.54, 1.807) is 5.56 Å². The van der Waals surface area contributed by atoms with Crippen molar-refractivity contribution < 1.29 is 0 Å². The van der Waals surface area contributed by atoms with Crippen LogP contribution in [0.1, 0.15) is 75.4 Å². The predicted octanol–water partition coefficient (Wildman–Crippen LogP) is 12.0. The number of aryl methyl sites for hydroxylation is 1. The molecule has 3 nitrogen and oxygen atoms in total. The summed E-state index contributed by atoms with van der Waals surface area (Å²) in [4.78, 5) is 10.4. The Hall–Kier alpha value is -6.32. The Bertz CT molecular complexity index is 2630. The van der Waals surface area contributed by atoms with E-state index in [0.29, 0.717) is 23.7 Å². The van der Waals surface area contributed by atoms with Crippen molar-refractivity contribution in [3.05, 3.63) is 220 Å². The van der Waals surface area contributed by atoms with Gasteiger partial charge in [0.25, 0.3) is 0 Å². The molecule has 1 heterocycles. The second-order valence-corrected chi connectivity index (χ2v) is 15.9. The van der Waals surface area contributed by atoms with Crippen molar-refractivity contribution >= 4 is 17.2 Å². The number of hydrogen-bond donors (Lipinski definition) is 1. The van der Waals surface area contributed by atoms with Crippen molar-refractivity contribution in [3.8, 4) is 22.3 Å². The quantitative estimate of drug-likeness (QED) is 0.177. The van der Waals surface area contributed by atoms with E-state index in [0.717, 1.165) is 41.2 Å². The van der Waals surface area contributed by atoms with Crippen LogP contribution in [-0.4, -0.2) is 11.7 Å². The normalized spacial score (nSPS) is 22.9. The van der Waals surface area contributed by atoms with E-state index in [1.165, 1.54) is 62.9 Å². The molecule has 11 rings (SSSR count). The van der Waals surface area contributed by atoms with Crippen LogP contribution in [0.3, 0.4) is 0 Å². The molecule has 0 amide bonds. The Morgan fingerprint density at radius 2 is 1.30 bits per heavy atom. The maximum absolute atomic E-state index is 5.29. The van der Waals surface area contributed by atoms with Gasteiger partial charge in [0.2, 0.25) is 0 Å². The van der Waals surface area contributed by atoms with Crippen LogP contribution in [0.4, 0.5) is 0 Å². The monoisotopic (exact) mass is 721 g/mol. The first kappa shape index (κ1) is 33.1. The number of amidine groups is 2. The summed E-state index contributed by atoms with van der Waals surface area (Å²) in [6.07, 6.45) is 16.5. The Balaban J connectivity index is 1.02. The number of rotatable bonds is 5. The number of hydrogen-bond acceptors (Lipinski definition) is 3. The molecular weight excluding hydrogens is 679 g/mol. The molecule has 1 aliphatic heterocycles. The zero-order valence-corrected chi connectivity index (χ0v) is 31.4. The van der Waals surface area contributed by atoms with E-state index in [-0.39, 0.29) is 6.17 Å². The van der Waals surface area contributed by atoms with Gasteiger partial charge in [0.05, 0.1) is 0 Å². The van der Waals surface area contributed by atoms with Crippen LogP contribution < -0.4 is 5.32 Å². The van der Waals surface area contributed by atoms with Gasteiger partial charge in [-0.2, -0.15) is 0 Å². The van der Waals surface area contributed by atoms with Crippen molar-refractivity contribution in [1.29, 1.82) is 0 Å². The summed E-state index contributed by atoms with van der Waals surface area (Å²) in [7, 11) is 0. The molecule has 5 aliphatic rings. The minimum Gasteiger partial charge on any atom is -0.344 e. The van der Waals surface area contributed by atoms with Crippen molar-refractivity contribution in [2.75, 3.05) is 0 Å². The third kappa shape index (κ3) is 5.64. The summed E-state index contributed by atoms with van der Waals surface area (Å²) in [5, 5.41) is 3.78. The molecule has 1 N–H and O–H groups in total. The fourth-order valence-electron chi connectivity index (χ4n) is 10.2. The predicted molar refractivity (Wildman–Crippen MR) is 231 cm³/mol. The summed E-state index contributed by atoms with van der Waals surface area (Å²) in [6, 6.07) is 53.0. The smallest absolute Gasteiger partial charge is 0.159 e. The average molecular weight is 722 g/mol. The number of benzene rings is 6. The molecule has 0 bridgehead atoms. The fourth-order valence-corrected chi connectivity index (χ4v) is 10.2. The Kier molecular flexibility index (Phi) is 8.12. The van der Waals surface area contributed by atoms with Crippen LogP contribution in [0.15, 0.2) is 186 Å². The van der Waals surface area contributed by atoms with E-state index in [9.17, 15) is 0 Å². The zero-order chi connectivity index (χ0) is 37.0. The van der Waals surface area contributed by atoms with Crippen molar-refractivity contribution in [1.82, 2.24) is 5.32 Å². The van der Waals surface area contributed by atoms with E-state index in [1.807, 2.05) is 6.07 Å². The van der Waals surface area contributed by atoms with Crippen LogP contribution in [-0.2, 0) is 12.8 Å². The topological polar surface area (TPSA) is 36.8 Å². The molecule has 0 spiro atoms. The molecule has 270 valence electrons. The lowest BCUT2D eigenvalue weighted by Crippen LogP contribution is -2.34. The highest BCUT2D eigenvalue weighted by Gasteiger charge is 2.41. The summed E-state index contributed by atoms with van der Waals surface area (Å²) < 4.78 is 0. The summed E-state index contributed by atoms with van der Waals surface area (Å²) >= 11 is 0. The van der Waals surface area contributed by atoms with Crippen LogP contribution in [0.2, 0.25) is 0 Å². The molecule has 5 unspecified atom stereocenters. The summed E-state index contributed by atoms with van der Waals surface area (Å²) in [6.45, 7) is 0. The third-order valence-corrected chi connectivity index (χ3v) is 12.9. The highest BCUT2D eigenvalue weighted by Crippen LogP contribution is 2.53. The molecule has 0 aromatic heterocycles. The van der Waals surface area contributed by atoms with Crippen LogP contribution in [0.5, 0.6) is 0 Å². The average Bonchev–Trinajstić information content (AvgIpc) is 3.29. The van der Waals surface area contributed by atoms with Crippen molar-refractivity contribution in [3.63, 3.8) is 0 Å². The van der Waals surface area contributed by atoms with E-state index in [4.69, 9.17) is 9.98 Å². The Labute approximate surface area is 329 Å². The third-order valence-electron chi connectivity index (χ3n) is 12.9. The molecule has 6 aromatic carbocycles. The zero-order valence-electron chi connectivity index (χ0n) is 31.4. The van der Waals surface area contributed by atoms with Gasteiger partial charge in [0.1, 0.15) is 12.0 Å². The second kappa shape index (κ2) is 13.8. The van der Waals surface area contributed by atoms with Crippen LogP contribution in [0, 0.1) is 11.8 Å². The lowest BCUT2D eigenvalue weighted by atomic mass is 9.60. The van der Waals surface area contributed by atoms with Crippen molar-refractivity contribution in [2.45, 2.75) is 43.7 Å². The first-order valence-corrected chi connectivity index (χ1v) is 20.3. The molecular formula is C53H43N3. The van der Waals surface area contributed by atoms with Gasteiger partial charge >= 0.3 is 0 Å². The van der Waals surface area contributed by atoms with Crippen LogP contribution >= 0.6 is 0 Å². The molecule has 56 heavy (non-hydrogen) atoms. The summed E-state index contributed by atoms with van der Waals surface area (Å²) in [5.41, 5.74) is 16.8. The number of fused-ring (bicyclic) bond motifs is 9. The maximum atomic E-state index is 5.29. The molecule has 3 heteroatoms. The van der Waals surface area contributed by atoms with Gasteiger partial charge in [-0.3, -0.25) is 0 Å². The molecule has 5 atom stereocenters. The van der Waals surface area contributed by atoms with E-state index >= 15 is 0 Å². The summed E-state index contributed by atoms with van der Waals surface area (Å²) in [5.74, 6) is 3.67. The molecule has 0 radical (unpaired) electrons. The molecule has 6 aromatic rings. The molecule has 0 saturated carbocycles. The van der Waals surface area contributed by atoms with Gasteiger partial charge in [0, 0.05) is 17.0 Å². The van der Waals surface area contributed by atoms with Gasteiger partial charge < -0.3 is 5.32 Å². The number of aliphatic imine (C=N–C) groups is 2. The number of nitrogens with one attached hydrogen (secondary N) is 1. The highest BCUT2D eigenvalue weighted by molar-refractivity contribution is 6.16. The SMILES string of the molecule is C1=CC2C(CC1)c1ccccc1C1C=C(c3ccc(-c4c(C5=NC(c6ccccc6)=NC(c6ccccc6)N5)ccc5c4CCc4ccccc4-5)cc3)C=CC12. The minimum atomic E-state index is -0.260. The minimum absolute atomic E-state index is 0.260. The standard InChI is InChI=1S/C53H43N3/c1-3-14-37(15-4-1)51-54-52(38-16-5-2-6-17-38)56-53(55-51)48-32-31-45-40-18-8-7-13-35(40)27-30-47(45)50(48)36-25-23-34(24-26-36)39-28-29-46-43-21-10-9-19-41(43)42-20-11-12-22-44(42)49(46)33-39/h1-8,10-18,20-26,28-29,31-33,41,43,46,49,51H,9,19,27,30H2,(H,54,55,56). The Morgan fingerprint density at radius 1 is 0.571 bits per heavy atom. The molecule has 0 fully saturated rings. The van der Waals surface area contributed by atoms with Gasteiger partial charge in [0.15, 0.2) is 5.84 Å². The Morgan fingerprint density at radius 3 is 2.16 bits per heavy atom. The largest absolute Gasteiger partial charge is 0.344 e. The first-order valence-electron chi connectivity index (χ1n) is 20.3. The number of allylic oxidation sites excluding steroid dienone is 6. The fraction of sp³-hybridized carbons (Fsp3) is 0.170. The number of nitrogens with zero attached hydrogens (tertiary/aromatic N) is 2. The lowest BCUT2D eigenvalue weighted by Gasteiger charge is -2.44. The first-order chi connectivity index (χ1) is 27.8. The van der Waals surface area contributed by atoms with E-state index in [2.05, 4.69) is 175 Å². The van der Waals surface area contributed by atoms with E-state index < -0.39 is 0 Å². The van der Waals surface area contributed by atoms with Crippen molar-refractivity contribution in [2.24, 2.45) is 21.8 Å². The highest BCUT2D eigenvalue weighted by atomic mass is 15.2. The maximum Gasteiger partial charge on any atom is 0.159 e. The molecule has 0 saturated heterocycles. The van der Waals surface area contributed by atoms with Gasteiger partial charge in [-0.25, -0.2) is 9.98 Å². The molecule has 4 aliphatic carbocycles. The van der Waals surface area contributed by atoms with Gasteiger partial charge in [-0.15, -0.1) is 0 Å². The lowest BCUT2D eigenvalue weighted by molar-refractivity contribution is 0.317. The van der Waals surface area contributed by atoms with Gasteiger partial charge in [-0.1, -0.05) is 176 Å². The van der Waals surface area contributed by atoms with Crippen LogP contribution in [0.25, 0.3) is 27.8 Å². The van der Waals surface area contributed by atoms with Gasteiger partial charge in [-0.05, 0) is 105 Å².